The van der Waals surface area contributed by atoms with Gasteiger partial charge < -0.3 is 14.3 Å². The van der Waals surface area contributed by atoms with Gasteiger partial charge in [-0.3, -0.25) is 0 Å². The first-order valence-electron chi connectivity index (χ1n) is 16.2. The Balaban J connectivity index is 1.30. The minimum Gasteiger partial charge on any atom is -0.454 e. The number of fused-ring (bicyclic) bond motifs is 10. The molecule has 3 heterocycles. The van der Waals surface area contributed by atoms with Crippen LogP contribution >= 0.6 is 0 Å². The van der Waals surface area contributed by atoms with Gasteiger partial charge in [-0.2, -0.15) is 0 Å². The number of nitrogens with zero attached hydrogens (tertiary/aromatic N) is 1. The van der Waals surface area contributed by atoms with Gasteiger partial charge in [0.25, 0.3) is 0 Å². The van der Waals surface area contributed by atoms with Crippen molar-refractivity contribution >= 4 is 43.6 Å². The van der Waals surface area contributed by atoms with Crippen LogP contribution in [0.5, 0.6) is 11.5 Å². The maximum absolute atomic E-state index is 7.06. The Bertz CT molecular complexity index is 2650. The number of H-pyrrole nitrogens is 1. The van der Waals surface area contributed by atoms with E-state index >= 15 is 0 Å². The molecule has 0 saturated heterocycles. The number of hydrogen-bond acceptors (Lipinski definition) is 1. The molecule has 47 heavy (non-hydrogen) atoms. The summed E-state index contributed by atoms with van der Waals surface area (Å²) < 4.78 is 9.50. The molecule has 0 radical (unpaired) electrons. The molecule has 1 aliphatic rings. The fourth-order valence-electron chi connectivity index (χ4n) is 8.02. The van der Waals surface area contributed by atoms with E-state index in [1.165, 1.54) is 54.8 Å². The van der Waals surface area contributed by atoms with Gasteiger partial charge in [0, 0.05) is 43.9 Å². The minimum atomic E-state index is -0.509. The third kappa shape index (κ3) is 3.62. The Morgan fingerprint density at radius 2 is 1.21 bits per heavy atom. The second-order valence-corrected chi connectivity index (χ2v) is 12.7. The zero-order chi connectivity index (χ0) is 31.1. The highest BCUT2D eigenvalue weighted by atomic mass is 16.5. The molecule has 2 aromatic heterocycles. The Labute approximate surface area is 272 Å². The highest BCUT2D eigenvalue weighted by Gasteiger charge is 2.43. The van der Waals surface area contributed by atoms with Crippen LogP contribution in [-0.2, 0) is 5.41 Å². The van der Waals surface area contributed by atoms with Gasteiger partial charge >= 0.3 is 0 Å². The van der Waals surface area contributed by atoms with Crippen molar-refractivity contribution in [2.24, 2.45) is 0 Å². The molecule has 0 amide bonds. The number of aromatic amines is 1. The SMILES string of the molecule is CC1(c2ccccc2)c2ccc3c([nH]c4ccccc43)c2Oc2ccc3c4ccccc4n(-c4ccc(-c5ccccc5)cc4)c3c21. The lowest BCUT2D eigenvalue weighted by molar-refractivity contribution is 0.433. The molecule has 0 saturated carbocycles. The van der Waals surface area contributed by atoms with Crippen LogP contribution in [0.3, 0.4) is 0 Å². The standard InChI is InChI=1S/C44H30N2O/c1-44(30-14-6-3-7-15-30)36-26-24-34-32-16-8-10-18-37(32)45-41(34)43(36)47-39-27-25-35-33-17-9-11-19-38(33)46(42(35)40(39)44)31-22-20-29(21-23-31)28-12-4-2-5-13-28/h2-27,45H,1H3. The van der Waals surface area contributed by atoms with Gasteiger partial charge in [0.1, 0.15) is 5.75 Å². The van der Waals surface area contributed by atoms with Gasteiger partial charge in [0.15, 0.2) is 5.75 Å². The molecule has 7 aromatic carbocycles. The molecule has 1 atom stereocenters. The lowest BCUT2D eigenvalue weighted by atomic mass is 9.68. The summed E-state index contributed by atoms with van der Waals surface area (Å²) in [6, 6.07) is 56.7. The summed E-state index contributed by atoms with van der Waals surface area (Å²) in [5, 5.41) is 4.82. The van der Waals surface area contributed by atoms with Gasteiger partial charge in [-0.05, 0) is 60.0 Å². The maximum Gasteiger partial charge on any atom is 0.155 e. The average Bonchev–Trinajstić information content (AvgIpc) is 3.69. The summed E-state index contributed by atoms with van der Waals surface area (Å²) in [6.07, 6.45) is 0. The predicted molar refractivity (Wildman–Crippen MR) is 194 cm³/mol. The first kappa shape index (κ1) is 26.2. The van der Waals surface area contributed by atoms with Gasteiger partial charge in [-0.15, -0.1) is 0 Å². The highest BCUT2D eigenvalue weighted by Crippen LogP contribution is 2.57. The topological polar surface area (TPSA) is 29.9 Å². The third-order valence-electron chi connectivity index (χ3n) is 10.3. The van der Waals surface area contributed by atoms with Crippen LogP contribution in [0.2, 0.25) is 0 Å². The van der Waals surface area contributed by atoms with E-state index in [-0.39, 0.29) is 0 Å². The molecule has 1 aliphatic heterocycles. The normalized spacial score (nSPS) is 15.6. The molecule has 0 fully saturated rings. The Morgan fingerprint density at radius 3 is 2.02 bits per heavy atom. The summed E-state index contributed by atoms with van der Waals surface area (Å²) in [7, 11) is 0. The molecule has 1 N–H and O–H groups in total. The number of hydrogen-bond donors (Lipinski definition) is 1. The second kappa shape index (κ2) is 9.72. The quantitative estimate of drug-likeness (QED) is 0.214. The third-order valence-corrected chi connectivity index (χ3v) is 10.3. The summed E-state index contributed by atoms with van der Waals surface area (Å²) in [4.78, 5) is 3.71. The van der Waals surface area contributed by atoms with E-state index in [0.717, 1.165) is 33.8 Å². The summed E-state index contributed by atoms with van der Waals surface area (Å²) >= 11 is 0. The van der Waals surface area contributed by atoms with E-state index < -0.39 is 5.41 Å². The molecule has 222 valence electrons. The Hall–Kier alpha value is -6.06. The number of nitrogens with one attached hydrogen (secondary N) is 1. The van der Waals surface area contributed by atoms with E-state index in [1.807, 2.05) is 0 Å². The number of aromatic nitrogens is 2. The van der Waals surface area contributed by atoms with Crippen molar-refractivity contribution in [2.45, 2.75) is 12.3 Å². The summed E-state index contributed by atoms with van der Waals surface area (Å²) in [6.45, 7) is 2.37. The van der Waals surface area contributed by atoms with Crippen molar-refractivity contribution in [3.8, 4) is 28.3 Å². The number of rotatable bonds is 3. The average molecular weight is 603 g/mol. The van der Waals surface area contributed by atoms with E-state index in [0.29, 0.717) is 0 Å². The van der Waals surface area contributed by atoms with Crippen molar-refractivity contribution in [1.82, 2.24) is 9.55 Å². The van der Waals surface area contributed by atoms with Gasteiger partial charge in [-0.1, -0.05) is 121 Å². The fourth-order valence-corrected chi connectivity index (χ4v) is 8.02. The zero-order valence-electron chi connectivity index (χ0n) is 25.9. The smallest absolute Gasteiger partial charge is 0.155 e. The number of para-hydroxylation sites is 2. The first-order valence-corrected chi connectivity index (χ1v) is 16.2. The van der Waals surface area contributed by atoms with Gasteiger partial charge in [-0.25, -0.2) is 0 Å². The van der Waals surface area contributed by atoms with Crippen LogP contribution in [-0.4, -0.2) is 9.55 Å². The van der Waals surface area contributed by atoms with Crippen LogP contribution in [0.4, 0.5) is 0 Å². The zero-order valence-corrected chi connectivity index (χ0v) is 25.9. The van der Waals surface area contributed by atoms with Crippen molar-refractivity contribution in [2.75, 3.05) is 0 Å². The number of benzene rings is 7. The van der Waals surface area contributed by atoms with Crippen molar-refractivity contribution in [3.63, 3.8) is 0 Å². The second-order valence-electron chi connectivity index (χ2n) is 12.7. The van der Waals surface area contributed by atoms with Crippen LogP contribution in [0, 0.1) is 0 Å². The van der Waals surface area contributed by atoms with Crippen molar-refractivity contribution in [3.05, 3.63) is 174 Å². The lowest BCUT2D eigenvalue weighted by Gasteiger charge is -2.39. The van der Waals surface area contributed by atoms with Gasteiger partial charge in [0.05, 0.1) is 22.0 Å². The van der Waals surface area contributed by atoms with E-state index in [1.54, 1.807) is 0 Å². The van der Waals surface area contributed by atoms with Crippen LogP contribution in [0.15, 0.2) is 158 Å². The van der Waals surface area contributed by atoms with Crippen molar-refractivity contribution in [1.29, 1.82) is 0 Å². The fraction of sp³-hybridized carbons (Fsp3) is 0.0455. The van der Waals surface area contributed by atoms with Crippen LogP contribution in [0.1, 0.15) is 23.6 Å². The maximum atomic E-state index is 7.06. The summed E-state index contributed by atoms with van der Waals surface area (Å²) in [5.41, 5.74) is 11.1. The Kier molecular flexibility index (Phi) is 5.41. The molecule has 3 heteroatoms. The number of ether oxygens (including phenoxy) is 1. The minimum absolute atomic E-state index is 0.509. The van der Waals surface area contributed by atoms with E-state index in [9.17, 15) is 0 Å². The lowest BCUT2D eigenvalue weighted by Crippen LogP contribution is -2.30. The van der Waals surface area contributed by atoms with Gasteiger partial charge in [0.2, 0.25) is 0 Å². The largest absolute Gasteiger partial charge is 0.454 e. The first-order chi connectivity index (χ1) is 23.2. The molecule has 9 aromatic rings. The molecule has 0 spiro atoms. The molecular formula is C44H30N2O. The molecule has 1 unspecified atom stereocenters. The molecule has 10 rings (SSSR count). The highest BCUT2D eigenvalue weighted by molar-refractivity contribution is 6.13. The van der Waals surface area contributed by atoms with E-state index in [2.05, 4.69) is 174 Å². The monoisotopic (exact) mass is 602 g/mol. The Morgan fingerprint density at radius 1 is 0.553 bits per heavy atom. The van der Waals surface area contributed by atoms with Crippen molar-refractivity contribution < 1.29 is 4.74 Å². The van der Waals surface area contributed by atoms with Crippen LogP contribution < -0.4 is 4.74 Å². The molecule has 3 nitrogen and oxygen atoms in total. The molecule has 0 bridgehead atoms. The van der Waals surface area contributed by atoms with E-state index in [4.69, 9.17) is 4.74 Å². The molecule has 0 aliphatic carbocycles. The predicted octanol–water partition coefficient (Wildman–Crippen LogP) is 11.5. The summed E-state index contributed by atoms with van der Waals surface area (Å²) in [5.74, 6) is 1.78. The molecular weight excluding hydrogens is 572 g/mol. The van der Waals surface area contributed by atoms with Crippen LogP contribution in [0.25, 0.3) is 60.4 Å².